The topological polar surface area (TPSA) is 90.8 Å². The van der Waals surface area contributed by atoms with Crippen LogP contribution in [0.15, 0.2) is 67.5 Å². The first-order valence-corrected chi connectivity index (χ1v) is 14.4. The molecule has 42 heavy (non-hydrogen) atoms. The van der Waals surface area contributed by atoms with E-state index in [1.807, 2.05) is 37.4 Å². The maximum Gasteiger partial charge on any atom is 0.247 e. The van der Waals surface area contributed by atoms with Crippen LogP contribution in [0.25, 0.3) is 22.2 Å². The van der Waals surface area contributed by atoms with Gasteiger partial charge in [-0.05, 0) is 37.7 Å². The van der Waals surface area contributed by atoms with Crippen molar-refractivity contribution in [2.75, 3.05) is 69.0 Å². The van der Waals surface area contributed by atoms with Crippen LogP contribution in [-0.2, 0) is 11.8 Å². The molecule has 0 bridgehead atoms. The zero-order chi connectivity index (χ0) is 29.2. The second-order valence-corrected chi connectivity index (χ2v) is 11.1. The van der Waals surface area contributed by atoms with Gasteiger partial charge in [-0.2, -0.15) is 0 Å². The van der Waals surface area contributed by atoms with Crippen molar-refractivity contribution in [3.05, 3.63) is 67.5 Å². The summed E-state index contributed by atoms with van der Waals surface area (Å²) in [7, 11) is 5.86. The molecule has 218 valence electrons. The molecule has 1 atom stereocenters. The monoisotopic (exact) mass is 566 g/mol. The number of hydrogen-bond donors (Lipinski definition) is 2. The number of para-hydroxylation sites is 1. The highest BCUT2D eigenvalue weighted by atomic mass is 16.5. The van der Waals surface area contributed by atoms with Crippen LogP contribution in [0.2, 0.25) is 0 Å². The van der Waals surface area contributed by atoms with Crippen molar-refractivity contribution in [1.29, 1.82) is 0 Å². The molecule has 2 aliphatic heterocycles. The van der Waals surface area contributed by atoms with E-state index < -0.39 is 0 Å². The van der Waals surface area contributed by atoms with Crippen LogP contribution in [-0.4, -0.2) is 89.7 Å². The highest BCUT2D eigenvalue weighted by Crippen LogP contribution is 2.40. The number of benzene rings is 2. The van der Waals surface area contributed by atoms with Gasteiger partial charge in [-0.15, -0.1) is 0 Å². The van der Waals surface area contributed by atoms with E-state index in [4.69, 9.17) is 9.72 Å². The van der Waals surface area contributed by atoms with Crippen molar-refractivity contribution in [3.63, 3.8) is 0 Å². The molecule has 1 amide bonds. The number of hydrogen-bond acceptors (Lipinski definition) is 8. The Morgan fingerprint density at radius 2 is 1.88 bits per heavy atom. The largest absolute Gasteiger partial charge is 0.494 e. The summed E-state index contributed by atoms with van der Waals surface area (Å²) in [4.78, 5) is 29.1. The van der Waals surface area contributed by atoms with Crippen LogP contribution in [0, 0.1) is 0 Å². The molecule has 10 nitrogen and oxygen atoms in total. The van der Waals surface area contributed by atoms with Crippen molar-refractivity contribution in [2.24, 2.45) is 7.05 Å². The number of aromatic nitrogens is 3. The van der Waals surface area contributed by atoms with Crippen molar-refractivity contribution >= 4 is 39.8 Å². The minimum atomic E-state index is -0.267. The number of methoxy groups -OCH3 is 1. The molecule has 2 fully saturated rings. The molecule has 0 spiro atoms. The summed E-state index contributed by atoms with van der Waals surface area (Å²) in [5.74, 6) is 0.809. The molecule has 2 aliphatic rings. The predicted octanol–water partition coefficient (Wildman–Crippen LogP) is 4.34. The second-order valence-electron chi connectivity index (χ2n) is 11.1. The summed E-state index contributed by atoms with van der Waals surface area (Å²) in [6.07, 6.45) is 6.20. The summed E-state index contributed by atoms with van der Waals surface area (Å²) in [5.41, 5.74) is 5.25. The lowest BCUT2D eigenvalue weighted by molar-refractivity contribution is -0.111. The molecule has 2 aromatic heterocycles. The van der Waals surface area contributed by atoms with Gasteiger partial charge in [0.05, 0.1) is 29.9 Å². The van der Waals surface area contributed by atoms with E-state index in [1.54, 1.807) is 13.3 Å². The molecule has 2 N–H and O–H groups in total. The first-order valence-electron chi connectivity index (χ1n) is 14.4. The third-order valence-electron chi connectivity index (χ3n) is 8.39. The Morgan fingerprint density at radius 1 is 1.07 bits per heavy atom. The smallest absolute Gasteiger partial charge is 0.247 e. The van der Waals surface area contributed by atoms with Crippen LogP contribution < -0.4 is 20.3 Å². The zero-order valence-corrected chi connectivity index (χ0v) is 24.5. The summed E-state index contributed by atoms with van der Waals surface area (Å²) < 4.78 is 7.94. The summed E-state index contributed by atoms with van der Waals surface area (Å²) in [6.45, 7) is 9.80. The van der Waals surface area contributed by atoms with Gasteiger partial charge < -0.3 is 29.7 Å². The summed E-state index contributed by atoms with van der Waals surface area (Å²) >= 11 is 0. The second kappa shape index (κ2) is 11.8. The number of likely N-dealkylation sites (N-methyl/N-ethyl adjacent to an activating group) is 1. The average molecular weight is 567 g/mol. The number of fused-ring (bicyclic) bond motifs is 1. The van der Waals surface area contributed by atoms with E-state index in [0.29, 0.717) is 29.1 Å². The van der Waals surface area contributed by atoms with Crippen LogP contribution >= 0.6 is 0 Å². The molecule has 0 saturated carbocycles. The Hall–Kier alpha value is -4.41. The fraction of sp³-hybridized carbons (Fsp3) is 0.344. The quantitative estimate of drug-likeness (QED) is 0.305. The molecule has 1 unspecified atom stereocenters. The number of ether oxygens (including phenoxy) is 1. The van der Waals surface area contributed by atoms with Crippen LogP contribution in [0.4, 0.5) is 23.0 Å². The van der Waals surface area contributed by atoms with Crippen LogP contribution in [0.5, 0.6) is 5.75 Å². The number of piperazine rings is 1. The van der Waals surface area contributed by atoms with E-state index in [-0.39, 0.29) is 5.91 Å². The van der Waals surface area contributed by atoms with Crippen molar-refractivity contribution in [1.82, 2.24) is 24.3 Å². The minimum absolute atomic E-state index is 0.267. The number of carbonyl (C=O) groups excluding carboxylic acids is 1. The van der Waals surface area contributed by atoms with Crippen molar-refractivity contribution in [3.8, 4) is 17.0 Å². The normalized spacial score (nSPS) is 17.9. The lowest BCUT2D eigenvalue weighted by Gasteiger charge is -2.36. The van der Waals surface area contributed by atoms with Gasteiger partial charge in [0, 0.05) is 87.3 Å². The van der Waals surface area contributed by atoms with E-state index >= 15 is 0 Å². The molecular weight excluding hydrogens is 528 g/mol. The van der Waals surface area contributed by atoms with Gasteiger partial charge in [-0.3, -0.25) is 9.69 Å². The highest BCUT2D eigenvalue weighted by Gasteiger charge is 2.31. The average Bonchev–Trinajstić information content (AvgIpc) is 3.63. The molecule has 2 aromatic carbocycles. The molecule has 0 radical (unpaired) electrons. The van der Waals surface area contributed by atoms with Gasteiger partial charge in [0.1, 0.15) is 5.75 Å². The fourth-order valence-corrected chi connectivity index (χ4v) is 6.06. The van der Waals surface area contributed by atoms with E-state index in [1.165, 1.54) is 6.08 Å². The molecule has 2 saturated heterocycles. The first-order chi connectivity index (χ1) is 20.4. The van der Waals surface area contributed by atoms with Gasteiger partial charge in [-0.25, -0.2) is 9.97 Å². The van der Waals surface area contributed by atoms with E-state index in [0.717, 1.165) is 73.5 Å². The van der Waals surface area contributed by atoms with Gasteiger partial charge in [0.2, 0.25) is 11.9 Å². The van der Waals surface area contributed by atoms with Gasteiger partial charge >= 0.3 is 0 Å². The Labute approximate surface area is 246 Å². The number of carbonyl (C=O) groups is 1. The fourth-order valence-electron chi connectivity index (χ4n) is 6.06. The third kappa shape index (κ3) is 5.55. The lowest BCUT2D eigenvalue weighted by Crippen LogP contribution is -2.49. The molecule has 4 aromatic rings. The summed E-state index contributed by atoms with van der Waals surface area (Å²) in [6, 6.07) is 14.5. The lowest BCUT2D eigenvalue weighted by atomic mass is 10.1. The third-order valence-corrected chi connectivity index (χ3v) is 8.39. The highest BCUT2D eigenvalue weighted by molar-refractivity contribution is 6.02. The standard InChI is InChI=1S/C32H38N8O2/c1-5-31(41)34-26-18-27(30(42-4)19-29(26)40-13-11-22(20-40)39-16-14-37(2)15-17-39)36-32-33-12-10-25(35-32)24-21-38(3)28-9-7-6-8-23(24)28/h5-10,12,18-19,21-22H,1,11,13-17,20H2,2-4H3,(H,34,41)(H,33,35,36). The number of anilines is 4. The molecule has 6 rings (SSSR count). The van der Waals surface area contributed by atoms with Crippen LogP contribution in [0.3, 0.4) is 0 Å². The number of nitrogens with zero attached hydrogens (tertiary/aromatic N) is 6. The molecule has 0 aliphatic carbocycles. The SMILES string of the molecule is C=CC(=O)Nc1cc(Nc2nccc(-c3cn(C)c4ccccc34)n2)c(OC)cc1N1CCC(N2CCN(C)CC2)C1. The molecular formula is C32H38N8O2. The number of nitrogens with one attached hydrogen (secondary N) is 2. The Kier molecular flexibility index (Phi) is 7.82. The predicted molar refractivity (Wildman–Crippen MR) is 169 cm³/mol. The van der Waals surface area contributed by atoms with E-state index in [2.05, 4.69) is 66.8 Å². The minimum Gasteiger partial charge on any atom is -0.494 e. The molecule has 10 heteroatoms. The van der Waals surface area contributed by atoms with E-state index in [9.17, 15) is 4.79 Å². The Bertz CT molecular complexity index is 1610. The maximum absolute atomic E-state index is 12.5. The zero-order valence-electron chi connectivity index (χ0n) is 24.5. The number of aryl methyl sites for hydroxylation is 1. The Morgan fingerprint density at radius 3 is 2.67 bits per heavy atom. The van der Waals surface area contributed by atoms with Gasteiger partial charge in [0.25, 0.3) is 0 Å². The molecule has 4 heterocycles. The maximum atomic E-state index is 12.5. The first kappa shape index (κ1) is 27.7. The van der Waals surface area contributed by atoms with Crippen molar-refractivity contribution in [2.45, 2.75) is 12.5 Å². The van der Waals surface area contributed by atoms with Crippen LogP contribution in [0.1, 0.15) is 6.42 Å². The van der Waals surface area contributed by atoms with Crippen molar-refractivity contribution < 1.29 is 9.53 Å². The number of rotatable bonds is 8. The summed E-state index contributed by atoms with van der Waals surface area (Å²) in [5, 5.41) is 7.48. The Balaban J connectivity index is 1.29. The van der Waals surface area contributed by atoms with Gasteiger partial charge in [0.15, 0.2) is 0 Å². The number of amides is 1. The van der Waals surface area contributed by atoms with Gasteiger partial charge in [-0.1, -0.05) is 24.8 Å².